The maximum absolute atomic E-state index is 4.47. The predicted molar refractivity (Wildman–Crippen MR) is 215 cm³/mol. The number of imidazole rings is 1. The molecule has 0 N–H and O–H groups in total. The summed E-state index contributed by atoms with van der Waals surface area (Å²) in [5.41, 5.74) is 9.44. The molecule has 0 saturated carbocycles. The lowest BCUT2D eigenvalue weighted by Gasteiger charge is -2.37. The second kappa shape index (κ2) is 17.5. The quantitative estimate of drug-likeness (QED) is 0.122. The zero-order valence-corrected chi connectivity index (χ0v) is 30.2. The smallest absolute Gasteiger partial charge is 0.241 e. The van der Waals surface area contributed by atoms with Gasteiger partial charge < -0.3 is 4.57 Å². The average molecular weight is 665 g/mol. The van der Waals surface area contributed by atoms with Crippen molar-refractivity contribution in [2.75, 3.05) is 0 Å². The van der Waals surface area contributed by atoms with E-state index in [1.807, 2.05) is 12.5 Å². The van der Waals surface area contributed by atoms with Gasteiger partial charge in [-0.2, -0.15) is 0 Å². The van der Waals surface area contributed by atoms with Gasteiger partial charge in [0.05, 0.1) is 11.5 Å². The Labute approximate surface area is 301 Å². The Morgan fingerprint density at radius 3 is 1.38 bits per heavy atom. The number of aryl methyl sites for hydroxylation is 2. The second-order valence-corrected chi connectivity index (χ2v) is 14.3. The summed E-state index contributed by atoms with van der Waals surface area (Å²) in [5, 5.41) is 1.02. The highest BCUT2D eigenvalue weighted by molar-refractivity contribution is 6.95. The van der Waals surface area contributed by atoms with Crippen LogP contribution in [0.3, 0.4) is 0 Å². The number of aromatic nitrogens is 2. The molecule has 2 nitrogen and oxygen atoms in total. The van der Waals surface area contributed by atoms with Gasteiger partial charge in [-0.1, -0.05) is 218 Å². The summed E-state index contributed by atoms with van der Waals surface area (Å²) >= 11 is 0. The Kier molecular flexibility index (Phi) is 12.1. The highest BCUT2D eigenvalue weighted by Gasteiger charge is 2.37. The maximum atomic E-state index is 4.47. The molecule has 50 heavy (non-hydrogen) atoms. The van der Waals surface area contributed by atoms with Crippen molar-refractivity contribution in [3.63, 3.8) is 0 Å². The van der Waals surface area contributed by atoms with Crippen molar-refractivity contribution in [3.8, 4) is 0 Å². The van der Waals surface area contributed by atoms with Gasteiger partial charge >= 0.3 is 0 Å². The van der Waals surface area contributed by atoms with Gasteiger partial charge in [-0.15, -0.1) is 0 Å². The summed E-state index contributed by atoms with van der Waals surface area (Å²) in [7, 11) is 0.535. The van der Waals surface area contributed by atoms with Crippen LogP contribution in [0.1, 0.15) is 48.9 Å². The van der Waals surface area contributed by atoms with Gasteiger partial charge in [0.2, 0.25) is 6.71 Å². The van der Waals surface area contributed by atoms with Gasteiger partial charge in [0, 0.05) is 12.4 Å². The molecule has 1 heterocycles. The molecule has 7 rings (SSSR count). The van der Waals surface area contributed by atoms with Crippen molar-refractivity contribution in [1.29, 1.82) is 0 Å². The van der Waals surface area contributed by atoms with Crippen molar-refractivity contribution in [2.45, 2.75) is 44.7 Å². The fraction of sp³-hybridized carbons (Fsp3) is 0.152. The van der Waals surface area contributed by atoms with E-state index in [0.717, 1.165) is 25.7 Å². The van der Waals surface area contributed by atoms with E-state index in [0.29, 0.717) is 16.2 Å². The Bertz CT molecular complexity index is 1850. The van der Waals surface area contributed by atoms with Crippen molar-refractivity contribution in [1.82, 2.24) is 9.55 Å². The molecule has 7 aromatic rings. The minimum atomic E-state index is -0.328. The van der Waals surface area contributed by atoms with E-state index in [4.69, 9.17) is 0 Å². The van der Waals surface area contributed by atoms with Gasteiger partial charge in [0.25, 0.3) is 0 Å². The first-order valence-corrected chi connectivity index (χ1v) is 18.9. The van der Waals surface area contributed by atoms with E-state index >= 15 is 0 Å². The van der Waals surface area contributed by atoms with Gasteiger partial charge in [-0.25, -0.2) is 4.98 Å². The number of benzene rings is 6. The van der Waals surface area contributed by atoms with Crippen LogP contribution in [0, 0.1) is 0 Å². The number of rotatable bonds is 12. The summed E-state index contributed by atoms with van der Waals surface area (Å²) in [4.78, 5) is 4.47. The van der Waals surface area contributed by atoms with Crippen LogP contribution >= 0.6 is 0 Å². The first-order chi connectivity index (χ1) is 24.7. The Hall–Kier alpha value is -5.19. The molecule has 4 heteroatoms. The van der Waals surface area contributed by atoms with E-state index < -0.39 is 0 Å². The zero-order chi connectivity index (χ0) is 34.4. The third-order valence-electron chi connectivity index (χ3n) is 9.16. The minimum absolute atomic E-state index is 0.309. The Balaban J connectivity index is 0.000000194. The van der Waals surface area contributed by atoms with Crippen LogP contribution in [-0.2, 0) is 18.0 Å². The summed E-state index contributed by atoms with van der Waals surface area (Å²) in [6, 6.07) is 61.2. The monoisotopic (exact) mass is 664 g/mol. The third kappa shape index (κ3) is 8.33. The molecule has 2 radical (unpaired) electrons. The fourth-order valence-electron chi connectivity index (χ4n) is 6.86. The molecule has 0 bridgehead atoms. The maximum Gasteiger partial charge on any atom is 0.241 e. The molecule has 246 valence electrons. The first kappa shape index (κ1) is 34.7. The SMILES string of the molecule is CCCc1cccc(C([Si]c2ccccc2)(c2cccc(CCC)c2)n2ccnc2)c1.c1ccc(B(c2ccccc2)c2ccccc2)cc1. The molecule has 0 unspecified atom stereocenters. The van der Waals surface area contributed by atoms with Crippen molar-refractivity contribution in [2.24, 2.45) is 0 Å². The molecule has 0 aliphatic carbocycles. The van der Waals surface area contributed by atoms with Crippen LogP contribution in [0.2, 0.25) is 0 Å². The number of nitrogens with zero attached hydrogens (tertiary/aromatic N) is 2. The van der Waals surface area contributed by atoms with E-state index in [9.17, 15) is 0 Å². The van der Waals surface area contributed by atoms with Crippen LogP contribution in [0.5, 0.6) is 0 Å². The highest BCUT2D eigenvalue weighted by Crippen LogP contribution is 2.35. The summed E-state index contributed by atoms with van der Waals surface area (Å²) < 4.78 is 2.31. The van der Waals surface area contributed by atoms with Gasteiger partial charge in [0.15, 0.2) is 0 Å². The average Bonchev–Trinajstić information content (AvgIpc) is 3.72. The van der Waals surface area contributed by atoms with E-state index in [1.165, 1.54) is 43.8 Å². The zero-order valence-electron chi connectivity index (χ0n) is 29.2. The number of hydrogen-bond donors (Lipinski definition) is 0. The van der Waals surface area contributed by atoms with Gasteiger partial charge in [-0.3, -0.25) is 0 Å². The predicted octanol–water partition coefficient (Wildman–Crippen LogP) is 7.77. The lowest BCUT2D eigenvalue weighted by molar-refractivity contribution is 0.594. The van der Waals surface area contributed by atoms with Gasteiger partial charge in [0.1, 0.15) is 9.52 Å². The molecular weight excluding hydrogens is 619 g/mol. The largest absolute Gasteiger partial charge is 0.326 e. The van der Waals surface area contributed by atoms with Crippen LogP contribution in [0.4, 0.5) is 0 Å². The molecular formula is C46H45BN2Si. The number of hydrogen-bond acceptors (Lipinski definition) is 1. The lowest BCUT2D eigenvalue weighted by atomic mass is 9.37. The molecule has 0 spiro atoms. The normalized spacial score (nSPS) is 11.0. The first-order valence-electron chi connectivity index (χ1n) is 17.9. The Morgan fingerprint density at radius 2 is 0.980 bits per heavy atom. The molecule has 0 fully saturated rings. The molecule has 0 saturated heterocycles. The molecule has 0 atom stereocenters. The molecule has 1 aromatic heterocycles. The van der Waals surface area contributed by atoms with Crippen LogP contribution in [0.15, 0.2) is 189 Å². The van der Waals surface area contributed by atoms with Crippen LogP contribution in [-0.4, -0.2) is 25.8 Å². The van der Waals surface area contributed by atoms with Gasteiger partial charge in [-0.05, 0) is 35.1 Å². The topological polar surface area (TPSA) is 17.8 Å². The second-order valence-electron chi connectivity index (χ2n) is 12.7. The standard InChI is InChI=1S/C28H30N2Si.C18H15B/c1-3-10-23-12-8-14-25(20-23)28(30-19-18-29-22-30,31-27-16-6-5-7-17-27)26-15-9-13-24(21-26)11-4-2;1-4-10-16(11-5-1)19(17-12-6-2-7-13-17)18-14-8-3-9-15-18/h5-9,12-22H,3-4,10-11H2,1-2H3;1-15H. The van der Waals surface area contributed by atoms with Crippen molar-refractivity contribution < 1.29 is 0 Å². The van der Waals surface area contributed by atoms with E-state index in [-0.39, 0.29) is 5.16 Å². The molecule has 0 aliphatic rings. The van der Waals surface area contributed by atoms with E-state index in [2.05, 4.69) is 199 Å². The highest BCUT2D eigenvalue weighted by atomic mass is 28.2. The fourth-order valence-corrected chi connectivity index (χ4v) is 8.49. The summed E-state index contributed by atoms with van der Waals surface area (Å²) in [6.45, 7) is 4.80. The molecule has 0 amide bonds. The summed E-state index contributed by atoms with van der Waals surface area (Å²) in [6.07, 6.45) is 10.5. The lowest BCUT2D eigenvalue weighted by Crippen LogP contribution is -2.51. The van der Waals surface area contributed by atoms with Crippen molar-refractivity contribution in [3.05, 3.63) is 211 Å². The third-order valence-corrected chi connectivity index (χ3v) is 11.0. The van der Waals surface area contributed by atoms with Crippen molar-refractivity contribution >= 4 is 37.8 Å². The molecule has 0 aliphatic heterocycles. The van der Waals surface area contributed by atoms with Crippen LogP contribution in [0.25, 0.3) is 0 Å². The van der Waals surface area contributed by atoms with E-state index in [1.54, 1.807) is 0 Å². The minimum Gasteiger partial charge on any atom is -0.326 e. The summed E-state index contributed by atoms with van der Waals surface area (Å²) in [5.74, 6) is 0. The molecule has 6 aromatic carbocycles. The Morgan fingerprint density at radius 1 is 0.540 bits per heavy atom. The van der Waals surface area contributed by atoms with Crippen LogP contribution < -0.4 is 21.6 Å².